The average molecular weight is 325 g/mol. The zero-order valence-corrected chi connectivity index (χ0v) is 12.3. The molecule has 0 aliphatic rings. The average Bonchev–Trinajstić information content (AvgIpc) is 2.73. The van der Waals surface area contributed by atoms with E-state index in [-0.39, 0.29) is 0 Å². The summed E-state index contributed by atoms with van der Waals surface area (Å²) in [5.41, 5.74) is 7.72. The van der Waals surface area contributed by atoms with Crippen molar-refractivity contribution in [2.45, 2.75) is 13.5 Å². The Morgan fingerprint density at radius 2 is 2.28 bits per heavy atom. The summed E-state index contributed by atoms with van der Waals surface area (Å²) in [6.07, 6.45) is 0. The highest BCUT2D eigenvalue weighted by Gasteiger charge is 2.08. The van der Waals surface area contributed by atoms with Crippen LogP contribution >= 0.6 is 27.3 Å². The summed E-state index contributed by atoms with van der Waals surface area (Å²) < 4.78 is 1.09. The molecule has 5 heteroatoms. The number of hydrogen-bond donors (Lipinski definition) is 2. The Morgan fingerprint density at radius 3 is 2.89 bits per heavy atom. The van der Waals surface area contributed by atoms with Gasteiger partial charge in [-0.15, -0.1) is 11.3 Å². The lowest BCUT2D eigenvalue weighted by Gasteiger charge is -2.10. The van der Waals surface area contributed by atoms with Crippen molar-refractivity contribution in [3.05, 3.63) is 50.1 Å². The van der Waals surface area contributed by atoms with Crippen LogP contribution in [0.25, 0.3) is 0 Å². The van der Waals surface area contributed by atoms with Crippen molar-refractivity contribution in [3.8, 4) is 0 Å². The van der Waals surface area contributed by atoms with Gasteiger partial charge in [-0.05, 0) is 46.6 Å². The fourth-order valence-electron chi connectivity index (χ4n) is 1.72. The number of halogens is 1. The minimum atomic E-state index is -0.394. The van der Waals surface area contributed by atoms with Crippen molar-refractivity contribution in [1.29, 1.82) is 0 Å². The second kappa shape index (κ2) is 5.54. The molecule has 0 spiro atoms. The standard InChI is InChI=1S/C13H13BrN2OS/c1-8-11(13(15)17)3-2-4-12(8)16-6-10-5-9(14)7-18-10/h2-5,7,16H,6H2,1H3,(H2,15,17). The number of nitrogens with one attached hydrogen (secondary N) is 1. The van der Waals surface area contributed by atoms with Crippen molar-refractivity contribution in [3.63, 3.8) is 0 Å². The molecule has 0 aliphatic carbocycles. The molecule has 1 heterocycles. The summed E-state index contributed by atoms with van der Waals surface area (Å²) in [6, 6.07) is 7.60. The van der Waals surface area contributed by atoms with Crippen LogP contribution in [0.3, 0.4) is 0 Å². The third-order valence-corrected chi connectivity index (χ3v) is 4.37. The van der Waals surface area contributed by atoms with Crippen LogP contribution in [0.5, 0.6) is 0 Å². The molecule has 0 bridgehead atoms. The number of nitrogens with two attached hydrogens (primary N) is 1. The van der Waals surface area contributed by atoms with Gasteiger partial charge in [0.1, 0.15) is 0 Å². The van der Waals surface area contributed by atoms with Crippen LogP contribution in [0.15, 0.2) is 34.1 Å². The number of amides is 1. The van der Waals surface area contributed by atoms with E-state index in [9.17, 15) is 4.79 Å². The molecular formula is C13H13BrN2OS. The molecule has 2 aromatic rings. The highest BCUT2D eigenvalue weighted by molar-refractivity contribution is 9.10. The monoisotopic (exact) mass is 324 g/mol. The van der Waals surface area contributed by atoms with E-state index in [0.29, 0.717) is 5.56 Å². The number of thiophene rings is 1. The Bertz CT molecular complexity index is 580. The molecular weight excluding hydrogens is 312 g/mol. The van der Waals surface area contributed by atoms with Crippen LogP contribution in [0, 0.1) is 6.92 Å². The lowest BCUT2D eigenvalue weighted by Crippen LogP contribution is -2.13. The molecule has 0 unspecified atom stereocenters. The van der Waals surface area contributed by atoms with E-state index in [0.717, 1.165) is 22.3 Å². The number of carbonyl (C=O) groups excluding carboxylic acids is 1. The molecule has 0 saturated heterocycles. The second-order valence-corrected chi connectivity index (χ2v) is 5.84. The number of rotatable bonds is 4. The number of anilines is 1. The number of primary amides is 1. The first-order valence-electron chi connectivity index (χ1n) is 5.44. The fourth-order valence-corrected chi connectivity index (χ4v) is 3.11. The zero-order valence-electron chi connectivity index (χ0n) is 9.87. The fraction of sp³-hybridized carbons (Fsp3) is 0.154. The number of carbonyl (C=O) groups is 1. The van der Waals surface area contributed by atoms with Gasteiger partial charge in [-0.25, -0.2) is 0 Å². The predicted molar refractivity (Wildman–Crippen MR) is 79.0 cm³/mol. The summed E-state index contributed by atoms with van der Waals surface area (Å²) in [7, 11) is 0. The van der Waals surface area contributed by atoms with Gasteiger partial charge in [-0.3, -0.25) is 4.79 Å². The van der Waals surface area contributed by atoms with Gasteiger partial charge in [0.15, 0.2) is 0 Å². The quantitative estimate of drug-likeness (QED) is 0.903. The van der Waals surface area contributed by atoms with Crippen LogP contribution in [0.4, 0.5) is 5.69 Å². The molecule has 0 fully saturated rings. The summed E-state index contributed by atoms with van der Waals surface area (Å²) in [4.78, 5) is 12.5. The molecule has 0 saturated carbocycles. The van der Waals surface area contributed by atoms with Gasteiger partial charge in [0, 0.05) is 32.5 Å². The van der Waals surface area contributed by atoms with Gasteiger partial charge in [0.2, 0.25) is 5.91 Å². The van der Waals surface area contributed by atoms with Crippen molar-refractivity contribution < 1.29 is 4.79 Å². The van der Waals surface area contributed by atoms with Gasteiger partial charge in [0.25, 0.3) is 0 Å². The van der Waals surface area contributed by atoms with Crippen molar-refractivity contribution >= 4 is 38.9 Å². The molecule has 3 nitrogen and oxygen atoms in total. The van der Waals surface area contributed by atoms with Gasteiger partial charge in [0.05, 0.1) is 0 Å². The topological polar surface area (TPSA) is 55.1 Å². The third kappa shape index (κ3) is 2.91. The minimum absolute atomic E-state index is 0.394. The molecule has 94 valence electrons. The van der Waals surface area contributed by atoms with Gasteiger partial charge >= 0.3 is 0 Å². The molecule has 0 radical (unpaired) electrons. The summed E-state index contributed by atoms with van der Waals surface area (Å²) >= 11 is 5.11. The summed E-state index contributed by atoms with van der Waals surface area (Å²) in [5.74, 6) is -0.394. The van der Waals surface area contributed by atoms with E-state index < -0.39 is 5.91 Å². The van der Waals surface area contributed by atoms with E-state index >= 15 is 0 Å². The van der Waals surface area contributed by atoms with Crippen LogP contribution in [-0.2, 0) is 6.54 Å². The maximum atomic E-state index is 11.2. The molecule has 1 amide bonds. The maximum absolute atomic E-state index is 11.2. The molecule has 1 aromatic heterocycles. The van der Waals surface area contributed by atoms with Crippen LogP contribution in [0.2, 0.25) is 0 Å². The first-order chi connectivity index (χ1) is 8.58. The van der Waals surface area contributed by atoms with Crippen LogP contribution in [0.1, 0.15) is 20.8 Å². The van der Waals surface area contributed by atoms with E-state index in [2.05, 4.69) is 27.3 Å². The Kier molecular flexibility index (Phi) is 4.04. The first-order valence-corrected chi connectivity index (χ1v) is 7.11. The summed E-state index contributed by atoms with van der Waals surface area (Å²) in [5, 5.41) is 5.36. The smallest absolute Gasteiger partial charge is 0.249 e. The zero-order chi connectivity index (χ0) is 13.1. The molecule has 1 aromatic carbocycles. The molecule has 0 aliphatic heterocycles. The first kappa shape index (κ1) is 13.1. The number of benzene rings is 1. The highest BCUT2D eigenvalue weighted by Crippen LogP contribution is 2.23. The lowest BCUT2D eigenvalue weighted by atomic mass is 10.1. The summed E-state index contributed by atoms with van der Waals surface area (Å²) in [6.45, 7) is 2.63. The Morgan fingerprint density at radius 1 is 1.50 bits per heavy atom. The van der Waals surface area contributed by atoms with E-state index in [1.165, 1.54) is 4.88 Å². The van der Waals surface area contributed by atoms with Crippen molar-refractivity contribution in [2.75, 3.05) is 5.32 Å². The largest absolute Gasteiger partial charge is 0.380 e. The molecule has 18 heavy (non-hydrogen) atoms. The lowest BCUT2D eigenvalue weighted by molar-refractivity contribution is 0.1000. The van der Waals surface area contributed by atoms with E-state index in [1.54, 1.807) is 17.4 Å². The normalized spacial score (nSPS) is 10.3. The van der Waals surface area contributed by atoms with Crippen LogP contribution in [-0.4, -0.2) is 5.91 Å². The van der Waals surface area contributed by atoms with Crippen molar-refractivity contribution in [2.24, 2.45) is 5.73 Å². The Labute approximate surface area is 118 Å². The minimum Gasteiger partial charge on any atom is -0.380 e. The van der Waals surface area contributed by atoms with Gasteiger partial charge < -0.3 is 11.1 Å². The van der Waals surface area contributed by atoms with E-state index in [1.807, 2.05) is 24.4 Å². The molecule has 2 rings (SSSR count). The van der Waals surface area contributed by atoms with Crippen molar-refractivity contribution in [1.82, 2.24) is 0 Å². The van der Waals surface area contributed by atoms with E-state index in [4.69, 9.17) is 5.73 Å². The highest BCUT2D eigenvalue weighted by atomic mass is 79.9. The van der Waals surface area contributed by atoms with Gasteiger partial charge in [-0.1, -0.05) is 6.07 Å². The third-order valence-electron chi connectivity index (χ3n) is 2.67. The molecule has 0 atom stereocenters. The predicted octanol–water partition coefficient (Wildman–Crippen LogP) is 3.53. The van der Waals surface area contributed by atoms with Gasteiger partial charge in [-0.2, -0.15) is 0 Å². The Hall–Kier alpha value is -1.33. The SMILES string of the molecule is Cc1c(NCc2cc(Br)cs2)cccc1C(N)=O. The number of hydrogen-bond acceptors (Lipinski definition) is 3. The maximum Gasteiger partial charge on any atom is 0.249 e. The van der Waals surface area contributed by atoms with Crippen LogP contribution < -0.4 is 11.1 Å². The molecule has 3 N–H and O–H groups in total. The Balaban J connectivity index is 2.14. The second-order valence-electron chi connectivity index (χ2n) is 3.93.